The van der Waals surface area contributed by atoms with Crippen LogP contribution in [0.4, 0.5) is 15.0 Å². The van der Waals surface area contributed by atoms with Gasteiger partial charge < -0.3 is 20.3 Å². The van der Waals surface area contributed by atoms with Gasteiger partial charge in [-0.25, -0.2) is 19.2 Å². The number of rotatable bonds is 8. The van der Waals surface area contributed by atoms with E-state index in [4.69, 9.17) is 4.74 Å². The van der Waals surface area contributed by atoms with Gasteiger partial charge in [0.1, 0.15) is 18.2 Å². The number of amides is 2. The van der Waals surface area contributed by atoms with Crippen LogP contribution in [-0.2, 0) is 11.3 Å². The molecule has 1 aliphatic rings. The molecule has 0 atom stereocenters. The summed E-state index contributed by atoms with van der Waals surface area (Å²) in [7, 11) is 1.54. The Morgan fingerprint density at radius 3 is 2.57 bits per heavy atom. The van der Waals surface area contributed by atoms with E-state index in [1.165, 1.54) is 23.5 Å². The van der Waals surface area contributed by atoms with Gasteiger partial charge in [0, 0.05) is 43.8 Å². The highest BCUT2D eigenvalue weighted by molar-refractivity contribution is 7.11. The summed E-state index contributed by atoms with van der Waals surface area (Å²) >= 11 is 1.21. The van der Waals surface area contributed by atoms with Gasteiger partial charge in [-0.15, -0.1) is 11.3 Å². The average molecular weight is 498 g/mol. The minimum atomic E-state index is -0.484. The molecule has 1 aliphatic heterocycles. The summed E-state index contributed by atoms with van der Waals surface area (Å²) in [6.45, 7) is 2.41. The van der Waals surface area contributed by atoms with Gasteiger partial charge in [-0.3, -0.25) is 4.79 Å². The summed E-state index contributed by atoms with van der Waals surface area (Å²) in [5.74, 6) is 0.965. The van der Waals surface area contributed by atoms with Gasteiger partial charge in [0.15, 0.2) is 5.01 Å². The standard InChI is InChI=1S/C25H28FN5O3S/c1-27-23(32)24-30-21(16-35-24)15-34-25(33)28-11-8-17-9-12-31(13-10-17)22-7-4-19(14-29-22)18-2-5-20(26)6-3-18/h2-7,14,16-17H,8-13,15H2,1H3,(H,27,32)(H,28,33). The zero-order valence-corrected chi connectivity index (χ0v) is 20.3. The van der Waals surface area contributed by atoms with Crippen molar-refractivity contribution < 1.29 is 18.7 Å². The van der Waals surface area contributed by atoms with Gasteiger partial charge in [0.2, 0.25) is 0 Å². The lowest BCUT2D eigenvalue weighted by Gasteiger charge is -2.33. The molecule has 1 saturated heterocycles. The number of carbonyl (C=O) groups is 2. The van der Waals surface area contributed by atoms with E-state index in [1.54, 1.807) is 24.6 Å². The summed E-state index contributed by atoms with van der Waals surface area (Å²) < 4.78 is 18.3. The number of ether oxygens (including phenoxy) is 1. The lowest BCUT2D eigenvalue weighted by molar-refractivity contribution is 0.0962. The molecule has 0 saturated carbocycles. The van der Waals surface area contributed by atoms with Crippen molar-refractivity contribution in [3.63, 3.8) is 0 Å². The quantitative estimate of drug-likeness (QED) is 0.483. The number of thiazole rings is 1. The monoisotopic (exact) mass is 497 g/mol. The summed E-state index contributed by atoms with van der Waals surface area (Å²) in [4.78, 5) is 34.5. The van der Waals surface area contributed by atoms with Gasteiger partial charge in [-0.2, -0.15) is 0 Å². The van der Waals surface area contributed by atoms with Crippen LogP contribution in [-0.4, -0.2) is 48.7 Å². The molecule has 8 nitrogen and oxygen atoms in total. The van der Waals surface area contributed by atoms with Crippen LogP contribution in [0.25, 0.3) is 11.1 Å². The highest BCUT2D eigenvalue weighted by Gasteiger charge is 2.20. The molecule has 3 aromatic rings. The van der Waals surface area contributed by atoms with Crippen molar-refractivity contribution in [2.45, 2.75) is 25.9 Å². The first-order valence-electron chi connectivity index (χ1n) is 11.6. The fourth-order valence-electron chi connectivity index (χ4n) is 3.99. The molecule has 0 spiro atoms. The molecule has 2 amide bonds. The second-order valence-electron chi connectivity index (χ2n) is 8.36. The Morgan fingerprint density at radius 2 is 1.89 bits per heavy atom. The molecule has 10 heteroatoms. The SMILES string of the molecule is CNC(=O)c1nc(COC(=O)NCCC2CCN(c3ccc(-c4ccc(F)cc4)cn3)CC2)cs1. The van der Waals surface area contributed by atoms with Crippen LogP contribution in [0.3, 0.4) is 0 Å². The second kappa shape index (κ2) is 11.7. The van der Waals surface area contributed by atoms with Crippen molar-refractivity contribution in [2.24, 2.45) is 5.92 Å². The van der Waals surface area contributed by atoms with E-state index < -0.39 is 6.09 Å². The summed E-state index contributed by atoms with van der Waals surface area (Å²) in [5, 5.41) is 7.36. The number of anilines is 1. The van der Waals surface area contributed by atoms with Crippen LogP contribution in [0.5, 0.6) is 0 Å². The molecule has 35 heavy (non-hydrogen) atoms. The summed E-state index contributed by atoms with van der Waals surface area (Å²) in [5.41, 5.74) is 2.45. The molecule has 1 aromatic carbocycles. The normalized spacial score (nSPS) is 13.9. The van der Waals surface area contributed by atoms with E-state index in [2.05, 4.69) is 25.5 Å². The summed E-state index contributed by atoms with van der Waals surface area (Å²) in [6, 6.07) is 10.4. The molecule has 0 unspecified atom stereocenters. The predicted molar refractivity (Wildman–Crippen MR) is 133 cm³/mol. The predicted octanol–water partition coefficient (Wildman–Crippen LogP) is 4.24. The number of nitrogens with zero attached hydrogens (tertiary/aromatic N) is 3. The lowest BCUT2D eigenvalue weighted by atomic mass is 9.93. The van der Waals surface area contributed by atoms with E-state index in [9.17, 15) is 14.0 Å². The molecular formula is C25H28FN5O3S. The lowest BCUT2D eigenvalue weighted by Crippen LogP contribution is -2.35. The van der Waals surface area contributed by atoms with E-state index in [1.807, 2.05) is 18.3 Å². The topological polar surface area (TPSA) is 96.4 Å². The number of nitrogens with one attached hydrogen (secondary N) is 2. The molecule has 0 radical (unpaired) electrons. The Balaban J connectivity index is 1.14. The maximum atomic E-state index is 13.1. The number of hydrogen-bond donors (Lipinski definition) is 2. The number of benzene rings is 1. The number of pyridine rings is 1. The largest absolute Gasteiger partial charge is 0.443 e. The van der Waals surface area contributed by atoms with Crippen LogP contribution in [0.2, 0.25) is 0 Å². The second-order valence-corrected chi connectivity index (χ2v) is 9.22. The van der Waals surface area contributed by atoms with Gasteiger partial charge in [-0.1, -0.05) is 12.1 Å². The van der Waals surface area contributed by atoms with Crippen LogP contribution >= 0.6 is 11.3 Å². The molecule has 184 valence electrons. The highest BCUT2D eigenvalue weighted by atomic mass is 32.1. The fourth-order valence-corrected chi connectivity index (χ4v) is 4.74. The van der Waals surface area contributed by atoms with Crippen molar-refractivity contribution in [3.05, 3.63) is 64.5 Å². The maximum Gasteiger partial charge on any atom is 0.407 e. The molecule has 0 aliphatic carbocycles. The van der Waals surface area contributed by atoms with E-state index >= 15 is 0 Å². The zero-order chi connectivity index (χ0) is 24.6. The Labute approximate surface area is 207 Å². The third-order valence-electron chi connectivity index (χ3n) is 6.01. The first kappa shape index (κ1) is 24.6. The third-order valence-corrected chi connectivity index (χ3v) is 6.90. The van der Waals surface area contributed by atoms with Crippen LogP contribution in [0.1, 0.15) is 34.8 Å². The first-order valence-corrected chi connectivity index (χ1v) is 12.4. The van der Waals surface area contributed by atoms with Crippen molar-refractivity contribution in [2.75, 3.05) is 31.6 Å². The first-order chi connectivity index (χ1) is 17.0. The van der Waals surface area contributed by atoms with E-state index in [0.29, 0.717) is 23.2 Å². The van der Waals surface area contributed by atoms with Crippen molar-refractivity contribution in [1.29, 1.82) is 0 Å². The molecule has 4 rings (SSSR count). The molecular weight excluding hydrogens is 469 g/mol. The van der Waals surface area contributed by atoms with E-state index in [0.717, 1.165) is 49.3 Å². The number of hydrogen-bond acceptors (Lipinski definition) is 7. The number of halogens is 1. The molecule has 2 aromatic heterocycles. The van der Waals surface area contributed by atoms with Gasteiger partial charge in [0.25, 0.3) is 5.91 Å². The van der Waals surface area contributed by atoms with Crippen LogP contribution in [0.15, 0.2) is 48.0 Å². The van der Waals surface area contributed by atoms with Gasteiger partial charge >= 0.3 is 6.09 Å². The number of carbonyl (C=O) groups excluding carboxylic acids is 2. The van der Waals surface area contributed by atoms with E-state index in [-0.39, 0.29) is 18.3 Å². The zero-order valence-electron chi connectivity index (χ0n) is 19.5. The maximum absolute atomic E-state index is 13.1. The van der Waals surface area contributed by atoms with Crippen molar-refractivity contribution >= 4 is 29.2 Å². The number of piperidine rings is 1. The Morgan fingerprint density at radius 1 is 1.14 bits per heavy atom. The Bertz CT molecular complexity index is 1130. The molecule has 1 fully saturated rings. The van der Waals surface area contributed by atoms with Crippen LogP contribution in [0, 0.1) is 11.7 Å². The molecule has 2 N–H and O–H groups in total. The minimum absolute atomic E-state index is 0.0324. The molecule has 0 bridgehead atoms. The minimum Gasteiger partial charge on any atom is -0.443 e. The van der Waals surface area contributed by atoms with Crippen molar-refractivity contribution in [3.8, 4) is 11.1 Å². The van der Waals surface area contributed by atoms with Crippen molar-refractivity contribution in [1.82, 2.24) is 20.6 Å². The van der Waals surface area contributed by atoms with Gasteiger partial charge in [0.05, 0.1) is 5.69 Å². The number of aromatic nitrogens is 2. The van der Waals surface area contributed by atoms with Crippen LogP contribution < -0.4 is 15.5 Å². The van der Waals surface area contributed by atoms with Gasteiger partial charge in [-0.05, 0) is 55.0 Å². The molecule has 3 heterocycles. The Kier molecular flexibility index (Phi) is 8.25. The fraction of sp³-hybridized carbons (Fsp3) is 0.360. The summed E-state index contributed by atoms with van der Waals surface area (Å²) in [6.07, 6.45) is 4.28. The number of alkyl carbamates (subject to hydrolysis) is 1. The highest BCUT2D eigenvalue weighted by Crippen LogP contribution is 2.26. The smallest absolute Gasteiger partial charge is 0.407 e. The third kappa shape index (κ3) is 6.75. The average Bonchev–Trinajstić information content (AvgIpc) is 3.37. The Hall–Kier alpha value is -3.53.